The first-order chi connectivity index (χ1) is 28.0. The zero-order valence-electron chi connectivity index (χ0n) is 31.7. The van der Waals surface area contributed by atoms with Gasteiger partial charge in [0.1, 0.15) is 5.82 Å². The van der Waals surface area contributed by atoms with Crippen molar-refractivity contribution in [3.63, 3.8) is 0 Å². The van der Waals surface area contributed by atoms with Gasteiger partial charge in [-0.15, -0.1) is 0 Å². The van der Waals surface area contributed by atoms with Crippen LogP contribution in [0.25, 0.3) is 99.4 Å². The fraction of sp³-hybridized carbons (Fsp3) is 0.0556. The highest BCUT2D eigenvalue weighted by Gasteiger charge is 2.35. The molecule has 0 spiro atoms. The summed E-state index contributed by atoms with van der Waals surface area (Å²) in [6, 6.07) is 68.8. The van der Waals surface area contributed by atoms with Crippen molar-refractivity contribution in [2.45, 2.75) is 19.3 Å². The Labute approximate surface area is 330 Å². The smallest absolute Gasteiger partial charge is 0.138 e. The van der Waals surface area contributed by atoms with Gasteiger partial charge >= 0.3 is 0 Å². The molecule has 57 heavy (non-hydrogen) atoms. The summed E-state index contributed by atoms with van der Waals surface area (Å²) in [6.07, 6.45) is 0. The second-order valence-electron chi connectivity index (χ2n) is 16.0. The first-order valence-corrected chi connectivity index (χ1v) is 19.8. The van der Waals surface area contributed by atoms with Crippen molar-refractivity contribution in [3.05, 3.63) is 199 Å². The summed E-state index contributed by atoms with van der Waals surface area (Å²) in [5.41, 5.74) is 17.0. The molecule has 0 unspecified atom stereocenters. The van der Waals surface area contributed by atoms with Gasteiger partial charge in [0.15, 0.2) is 0 Å². The van der Waals surface area contributed by atoms with Crippen molar-refractivity contribution in [2.75, 3.05) is 0 Å². The molecular weight excluding hydrogens is 691 g/mol. The molecule has 268 valence electrons. The highest BCUT2D eigenvalue weighted by molar-refractivity contribution is 6.13. The fourth-order valence-corrected chi connectivity index (χ4v) is 9.79. The molecule has 3 heteroatoms. The second-order valence-corrected chi connectivity index (χ2v) is 16.0. The van der Waals surface area contributed by atoms with Crippen LogP contribution in [0, 0.1) is 0 Å². The van der Waals surface area contributed by atoms with Crippen molar-refractivity contribution in [2.24, 2.45) is 0 Å². The number of pyridine rings is 1. The normalized spacial score (nSPS) is 13.2. The number of benzene rings is 8. The molecule has 0 saturated heterocycles. The number of para-hydroxylation sites is 4. The Hall–Kier alpha value is -7.23. The van der Waals surface area contributed by atoms with E-state index in [4.69, 9.17) is 4.98 Å². The van der Waals surface area contributed by atoms with E-state index in [9.17, 15) is 0 Å². The van der Waals surface area contributed by atoms with Gasteiger partial charge in [-0.2, -0.15) is 0 Å². The van der Waals surface area contributed by atoms with Crippen molar-refractivity contribution in [1.82, 2.24) is 14.1 Å². The highest BCUT2D eigenvalue weighted by atomic mass is 15.1. The van der Waals surface area contributed by atoms with Gasteiger partial charge in [-0.1, -0.05) is 135 Å². The predicted octanol–water partition coefficient (Wildman–Crippen LogP) is 14.1. The molecule has 0 amide bonds. The monoisotopic (exact) mass is 727 g/mol. The van der Waals surface area contributed by atoms with Crippen LogP contribution in [0.3, 0.4) is 0 Å². The number of hydrogen-bond donors (Lipinski definition) is 0. The Balaban J connectivity index is 1.03. The molecule has 8 aromatic carbocycles. The molecular formula is C54H37N3. The van der Waals surface area contributed by atoms with Gasteiger partial charge in [-0.25, -0.2) is 4.98 Å². The Morgan fingerprint density at radius 3 is 1.65 bits per heavy atom. The van der Waals surface area contributed by atoms with Crippen LogP contribution in [-0.2, 0) is 5.41 Å². The third kappa shape index (κ3) is 4.63. The van der Waals surface area contributed by atoms with Crippen molar-refractivity contribution >= 4 is 54.5 Å². The standard InChI is InChI=1S/C54H37N3/c1-54(2)46-20-10-6-16-38(46)39-27-24-36(32-47(39)54)43-33-53(55-48-21-11-7-17-40(43)48)57-50-23-13-9-19-42(50)45-31-35(26-29-52(45)57)34-25-28-51-44(30-34)41-18-8-12-22-49(41)56(51)37-14-4-3-5-15-37/h3-33H,1-2H3. The minimum atomic E-state index is -0.0817. The molecule has 0 N–H and O–H groups in total. The van der Waals surface area contributed by atoms with E-state index in [1.807, 2.05) is 0 Å². The summed E-state index contributed by atoms with van der Waals surface area (Å²) in [5, 5.41) is 6.08. The fourth-order valence-electron chi connectivity index (χ4n) is 9.79. The van der Waals surface area contributed by atoms with Crippen molar-refractivity contribution in [3.8, 4) is 44.9 Å². The second kappa shape index (κ2) is 11.9. The van der Waals surface area contributed by atoms with Gasteiger partial charge in [0, 0.05) is 38.0 Å². The lowest BCUT2D eigenvalue weighted by Gasteiger charge is -2.22. The largest absolute Gasteiger partial charge is 0.309 e. The molecule has 0 aliphatic heterocycles. The molecule has 3 nitrogen and oxygen atoms in total. The number of hydrogen-bond acceptors (Lipinski definition) is 1. The van der Waals surface area contributed by atoms with E-state index in [0.717, 1.165) is 27.8 Å². The van der Waals surface area contributed by atoms with E-state index >= 15 is 0 Å². The number of aromatic nitrogens is 3. The average Bonchev–Trinajstić information content (AvgIpc) is 3.86. The maximum atomic E-state index is 5.37. The summed E-state index contributed by atoms with van der Waals surface area (Å²) in [4.78, 5) is 5.37. The van der Waals surface area contributed by atoms with Crippen LogP contribution in [0.4, 0.5) is 0 Å². The molecule has 0 atom stereocenters. The average molecular weight is 728 g/mol. The van der Waals surface area contributed by atoms with Gasteiger partial charge in [-0.05, 0) is 111 Å². The third-order valence-electron chi connectivity index (χ3n) is 12.5. The summed E-state index contributed by atoms with van der Waals surface area (Å²) >= 11 is 0. The van der Waals surface area contributed by atoms with E-state index in [2.05, 4.69) is 211 Å². The molecule has 1 aliphatic carbocycles. The molecule has 0 fully saturated rings. The number of nitrogens with zero attached hydrogens (tertiary/aromatic N) is 3. The molecule has 3 heterocycles. The lowest BCUT2D eigenvalue weighted by Crippen LogP contribution is -2.14. The molecule has 11 aromatic rings. The number of rotatable bonds is 4. The zero-order chi connectivity index (χ0) is 37.8. The van der Waals surface area contributed by atoms with Gasteiger partial charge < -0.3 is 4.57 Å². The molecule has 0 radical (unpaired) electrons. The zero-order valence-corrected chi connectivity index (χ0v) is 31.7. The summed E-state index contributed by atoms with van der Waals surface area (Å²) < 4.78 is 4.73. The van der Waals surface area contributed by atoms with Crippen molar-refractivity contribution in [1.29, 1.82) is 0 Å². The van der Waals surface area contributed by atoms with Gasteiger partial charge in [-0.3, -0.25) is 4.57 Å². The first kappa shape index (κ1) is 32.1. The Morgan fingerprint density at radius 1 is 0.368 bits per heavy atom. The Bertz CT molecular complexity index is 3430. The summed E-state index contributed by atoms with van der Waals surface area (Å²) in [6.45, 7) is 4.70. The van der Waals surface area contributed by atoms with E-state index < -0.39 is 0 Å². The van der Waals surface area contributed by atoms with Crippen LogP contribution in [0.15, 0.2) is 188 Å². The Kier molecular flexibility index (Phi) is 6.68. The summed E-state index contributed by atoms with van der Waals surface area (Å²) in [5.74, 6) is 0.917. The van der Waals surface area contributed by atoms with E-state index in [1.165, 1.54) is 82.8 Å². The van der Waals surface area contributed by atoms with Crippen LogP contribution >= 0.6 is 0 Å². The molecule has 1 aliphatic rings. The van der Waals surface area contributed by atoms with Gasteiger partial charge in [0.2, 0.25) is 0 Å². The molecule has 0 saturated carbocycles. The third-order valence-corrected chi connectivity index (χ3v) is 12.5. The van der Waals surface area contributed by atoms with Crippen molar-refractivity contribution < 1.29 is 0 Å². The minimum Gasteiger partial charge on any atom is -0.309 e. The minimum absolute atomic E-state index is 0.0817. The lowest BCUT2D eigenvalue weighted by molar-refractivity contribution is 0.660. The topological polar surface area (TPSA) is 22.8 Å². The molecule has 12 rings (SSSR count). The predicted molar refractivity (Wildman–Crippen MR) is 239 cm³/mol. The van der Waals surface area contributed by atoms with E-state index in [1.54, 1.807) is 0 Å². The van der Waals surface area contributed by atoms with Gasteiger partial charge in [0.25, 0.3) is 0 Å². The SMILES string of the molecule is CC1(C)c2ccccc2-c2ccc(-c3cc(-n4c5ccccc5c5cc(-c6ccc7c(c6)c6ccccc6n7-c6ccccc6)ccc54)nc4ccccc34)cc21. The van der Waals surface area contributed by atoms with Crippen LogP contribution in [0.5, 0.6) is 0 Å². The highest BCUT2D eigenvalue weighted by Crippen LogP contribution is 2.50. The Morgan fingerprint density at radius 2 is 0.912 bits per heavy atom. The lowest BCUT2D eigenvalue weighted by atomic mass is 9.81. The summed E-state index contributed by atoms with van der Waals surface area (Å²) in [7, 11) is 0. The number of fused-ring (bicyclic) bond motifs is 10. The van der Waals surface area contributed by atoms with Crippen LogP contribution < -0.4 is 0 Å². The van der Waals surface area contributed by atoms with E-state index in [-0.39, 0.29) is 5.41 Å². The van der Waals surface area contributed by atoms with E-state index in [0.29, 0.717) is 0 Å². The van der Waals surface area contributed by atoms with Crippen LogP contribution in [0.1, 0.15) is 25.0 Å². The molecule has 0 bridgehead atoms. The van der Waals surface area contributed by atoms with Crippen LogP contribution in [-0.4, -0.2) is 14.1 Å². The quantitative estimate of drug-likeness (QED) is 0.177. The van der Waals surface area contributed by atoms with Gasteiger partial charge in [0.05, 0.1) is 27.6 Å². The maximum Gasteiger partial charge on any atom is 0.138 e. The first-order valence-electron chi connectivity index (χ1n) is 19.8. The maximum absolute atomic E-state index is 5.37. The van der Waals surface area contributed by atoms with Crippen LogP contribution in [0.2, 0.25) is 0 Å². The molecule has 3 aromatic heterocycles.